The molecule has 1 aromatic carbocycles. The van der Waals surface area contributed by atoms with E-state index in [1.54, 1.807) is 11.8 Å². The minimum Gasteiger partial charge on any atom is -0.381 e. The number of benzene rings is 1. The van der Waals surface area contributed by atoms with Crippen LogP contribution in [0.2, 0.25) is 0 Å². The van der Waals surface area contributed by atoms with Crippen molar-refractivity contribution in [2.24, 2.45) is 5.92 Å². The van der Waals surface area contributed by atoms with E-state index in [-0.39, 0.29) is 6.03 Å². The second-order valence-corrected chi connectivity index (χ2v) is 5.86. The zero-order valence-electron chi connectivity index (χ0n) is 11.9. The zero-order chi connectivity index (χ0) is 14.2. The first-order valence-electron chi connectivity index (χ1n) is 7.04. The van der Waals surface area contributed by atoms with Crippen molar-refractivity contribution in [1.29, 1.82) is 0 Å². The molecule has 0 bridgehead atoms. The van der Waals surface area contributed by atoms with Crippen molar-refractivity contribution >= 4 is 23.5 Å². The molecule has 1 saturated heterocycles. The van der Waals surface area contributed by atoms with Gasteiger partial charge in [-0.15, -0.1) is 11.8 Å². The van der Waals surface area contributed by atoms with Gasteiger partial charge in [-0.1, -0.05) is 6.07 Å². The number of carbonyl (C=O) groups is 1. The van der Waals surface area contributed by atoms with E-state index >= 15 is 0 Å². The summed E-state index contributed by atoms with van der Waals surface area (Å²) in [5.74, 6) is 0.679. The van der Waals surface area contributed by atoms with Crippen molar-refractivity contribution in [3.05, 3.63) is 24.3 Å². The van der Waals surface area contributed by atoms with E-state index in [4.69, 9.17) is 4.74 Å². The summed E-state index contributed by atoms with van der Waals surface area (Å²) in [6.45, 7) is 2.49. The Labute approximate surface area is 124 Å². The predicted molar refractivity (Wildman–Crippen MR) is 83.4 cm³/mol. The Morgan fingerprint density at radius 2 is 2.40 bits per heavy atom. The second-order valence-electron chi connectivity index (χ2n) is 4.98. The highest BCUT2D eigenvalue weighted by atomic mass is 32.2. The molecule has 2 amide bonds. The van der Waals surface area contributed by atoms with Gasteiger partial charge in [-0.2, -0.15) is 0 Å². The van der Waals surface area contributed by atoms with E-state index in [9.17, 15) is 4.79 Å². The summed E-state index contributed by atoms with van der Waals surface area (Å²) in [5, 5.41) is 5.75. The maximum Gasteiger partial charge on any atom is 0.319 e. The van der Waals surface area contributed by atoms with Crippen molar-refractivity contribution in [1.82, 2.24) is 5.32 Å². The molecule has 0 unspecified atom stereocenters. The van der Waals surface area contributed by atoms with Crippen molar-refractivity contribution < 1.29 is 9.53 Å². The number of carbonyl (C=O) groups excluding carboxylic acids is 1. The van der Waals surface area contributed by atoms with Crippen LogP contribution in [0.5, 0.6) is 0 Å². The third kappa shape index (κ3) is 5.06. The van der Waals surface area contributed by atoms with Gasteiger partial charge in [0.2, 0.25) is 0 Å². The summed E-state index contributed by atoms with van der Waals surface area (Å²) in [5.41, 5.74) is 0.832. The van der Waals surface area contributed by atoms with E-state index < -0.39 is 0 Å². The van der Waals surface area contributed by atoms with Crippen LogP contribution in [0, 0.1) is 5.92 Å². The Bertz CT molecular complexity index is 434. The Morgan fingerprint density at radius 3 is 3.15 bits per heavy atom. The number of rotatable bonds is 6. The van der Waals surface area contributed by atoms with Gasteiger partial charge < -0.3 is 15.4 Å². The van der Waals surface area contributed by atoms with Gasteiger partial charge in [0.15, 0.2) is 0 Å². The first-order chi connectivity index (χ1) is 9.78. The summed E-state index contributed by atoms with van der Waals surface area (Å²) in [6, 6.07) is 7.71. The van der Waals surface area contributed by atoms with Crippen LogP contribution < -0.4 is 10.6 Å². The first-order valence-corrected chi connectivity index (χ1v) is 8.27. The molecule has 1 aliphatic rings. The van der Waals surface area contributed by atoms with E-state index in [0.717, 1.165) is 43.1 Å². The fourth-order valence-electron chi connectivity index (χ4n) is 2.28. The molecule has 2 N–H and O–H groups in total. The summed E-state index contributed by atoms with van der Waals surface area (Å²) in [6.07, 6.45) is 5.31. The molecule has 2 rings (SSSR count). The largest absolute Gasteiger partial charge is 0.381 e. The predicted octanol–water partition coefficient (Wildman–Crippen LogP) is 3.35. The second kappa shape index (κ2) is 8.17. The summed E-state index contributed by atoms with van der Waals surface area (Å²) in [4.78, 5) is 12.9. The lowest BCUT2D eigenvalue weighted by molar-refractivity contribution is 0.184. The third-order valence-electron chi connectivity index (χ3n) is 3.43. The third-order valence-corrected chi connectivity index (χ3v) is 4.15. The van der Waals surface area contributed by atoms with Gasteiger partial charge in [0.25, 0.3) is 0 Å². The normalized spacial score (nSPS) is 17.9. The molecule has 0 spiro atoms. The molecule has 1 heterocycles. The van der Waals surface area contributed by atoms with Crippen LogP contribution in [0.3, 0.4) is 0 Å². The average Bonchev–Trinajstić information content (AvgIpc) is 2.97. The van der Waals surface area contributed by atoms with Crippen molar-refractivity contribution in [3.63, 3.8) is 0 Å². The zero-order valence-corrected chi connectivity index (χ0v) is 12.7. The number of ether oxygens (including phenoxy) is 1. The maximum absolute atomic E-state index is 11.8. The summed E-state index contributed by atoms with van der Waals surface area (Å²) in [7, 11) is 0. The Hall–Kier alpha value is -1.20. The van der Waals surface area contributed by atoms with E-state index in [1.807, 2.05) is 30.5 Å². The Balaban J connectivity index is 1.64. The van der Waals surface area contributed by atoms with Gasteiger partial charge in [-0.25, -0.2) is 4.79 Å². The highest BCUT2D eigenvalue weighted by Gasteiger charge is 2.14. The topological polar surface area (TPSA) is 50.4 Å². The van der Waals surface area contributed by atoms with Crippen LogP contribution in [-0.4, -0.2) is 32.0 Å². The van der Waals surface area contributed by atoms with Crippen LogP contribution in [0.25, 0.3) is 0 Å². The highest BCUT2D eigenvalue weighted by Crippen LogP contribution is 2.19. The molecule has 1 aliphatic heterocycles. The monoisotopic (exact) mass is 294 g/mol. The molecule has 20 heavy (non-hydrogen) atoms. The fourth-order valence-corrected chi connectivity index (χ4v) is 2.74. The van der Waals surface area contributed by atoms with Gasteiger partial charge in [0.05, 0.1) is 0 Å². The first kappa shape index (κ1) is 15.2. The molecular weight excluding hydrogens is 272 g/mol. The average molecular weight is 294 g/mol. The minimum absolute atomic E-state index is 0.133. The molecular formula is C15H22N2O2S. The molecule has 1 atom stereocenters. The molecule has 4 nitrogen and oxygen atoms in total. The number of hydrogen-bond donors (Lipinski definition) is 2. The molecule has 0 saturated carbocycles. The van der Waals surface area contributed by atoms with Crippen molar-refractivity contribution in [2.45, 2.75) is 24.2 Å². The van der Waals surface area contributed by atoms with E-state index in [2.05, 4.69) is 10.6 Å². The molecule has 0 aliphatic carbocycles. The van der Waals surface area contributed by atoms with E-state index in [1.165, 1.54) is 0 Å². The Morgan fingerprint density at radius 1 is 1.50 bits per heavy atom. The molecule has 0 aromatic heterocycles. The number of urea groups is 1. The van der Waals surface area contributed by atoms with Crippen LogP contribution in [0.1, 0.15) is 19.3 Å². The number of hydrogen-bond acceptors (Lipinski definition) is 3. The quantitative estimate of drug-likeness (QED) is 0.625. The lowest BCUT2D eigenvalue weighted by atomic mass is 10.0. The number of anilines is 1. The molecule has 110 valence electrons. The number of amides is 2. The number of thioether (sulfide) groups is 1. The minimum atomic E-state index is -0.133. The highest BCUT2D eigenvalue weighted by molar-refractivity contribution is 7.98. The number of nitrogens with one attached hydrogen (secondary N) is 2. The SMILES string of the molecule is CSc1cccc(NC(=O)NCCC[C@H]2CCOC2)c1. The van der Waals surface area contributed by atoms with Crippen LogP contribution in [0.4, 0.5) is 10.5 Å². The van der Waals surface area contributed by atoms with E-state index in [0.29, 0.717) is 12.5 Å². The molecule has 5 heteroatoms. The smallest absolute Gasteiger partial charge is 0.319 e. The van der Waals surface area contributed by atoms with Gasteiger partial charge in [-0.05, 0) is 49.6 Å². The Kier molecular flexibility index (Phi) is 6.21. The van der Waals surface area contributed by atoms with Gasteiger partial charge in [-0.3, -0.25) is 0 Å². The molecule has 1 fully saturated rings. The fraction of sp³-hybridized carbons (Fsp3) is 0.533. The lowest BCUT2D eigenvalue weighted by Crippen LogP contribution is -2.29. The molecule has 1 aromatic rings. The van der Waals surface area contributed by atoms with Crippen LogP contribution in [-0.2, 0) is 4.74 Å². The lowest BCUT2D eigenvalue weighted by Gasteiger charge is -2.10. The van der Waals surface area contributed by atoms with Crippen LogP contribution in [0.15, 0.2) is 29.2 Å². The van der Waals surface area contributed by atoms with Gasteiger partial charge in [0, 0.05) is 30.3 Å². The van der Waals surface area contributed by atoms with Crippen LogP contribution >= 0.6 is 11.8 Å². The van der Waals surface area contributed by atoms with Crippen molar-refractivity contribution in [2.75, 3.05) is 31.3 Å². The van der Waals surface area contributed by atoms with Gasteiger partial charge >= 0.3 is 6.03 Å². The standard InChI is InChI=1S/C15H22N2O2S/c1-20-14-6-2-5-13(10-14)17-15(18)16-8-3-4-12-7-9-19-11-12/h2,5-6,10,12H,3-4,7-9,11H2,1H3,(H2,16,17,18)/t12-/m0/s1. The maximum atomic E-state index is 11.8. The molecule has 0 radical (unpaired) electrons. The summed E-state index contributed by atoms with van der Waals surface area (Å²) >= 11 is 1.66. The van der Waals surface area contributed by atoms with Crippen molar-refractivity contribution in [3.8, 4) is 0 Å². The summed E-state index contributed by atoms with van der Waals surface area (Å²) < 4.78 is 5.33. The van der Waals surface area contributed by atoms with Gasteiger partial charge in [0.1, 0.15) is 0 Å².